The van der Waals surface area contributed by atoms with Gasteiger partial charge in [-0.25, -0.2) is 0 Å². The number of hydrogen-bond acceptors (Lipinski definition) is 3. The summed E-state index contributed by atoms with van der Waals surface area (Å²) in [4.78, 5) is 17.3. The van der Waals surface area contributed by atoms with Gasteiger partial charge in [-0.1, -0.05) is 56.2 Å². The molecule has 3 rings (SSSR count). The van der Waals surface area contributed by atoms with E-state index in [0.717, 1.165) is 29.8 Å². The van der Waals surface area contributed by atoms with Crippen molar-refractivity contribution >= 4 is 5.91 Å². The average molecular weight is 374 g/mol. The Kier molecular flexibility index (Phi) is 7.19. The van der Waals surface area contributed by atoms with E-state index < -0.39 is 0 Å². The van der Waals surface area contributed by atoms with Crippen LogP contribution in [0.4, 0.5) is 0 Å². The second-order valence-corrected chi connectivity index (χ2v) is 6.65. The number of amides is 1. The van der Waals surface area contributed by atoms with Gasteiger partial charge in [0.15, 0.2) is 0 Å². The largest absolute Gasteiger partial charge is 0.494 e. The van der Waals surface area contributed by atoms with Gasteiger partial charge in [-0.05, 0) is 48.4 Å². The quantitative estimate of drug-likeness (QED) is 0.526. The highest BCUT2D eigenvalue weighted by Crippen LogP contribution is 2.21. The number of ether oxygens (including phenoxy) is 1. The second-order valence-electron chi connectivity index (χ2n) is 6.65. The zero-order valence-electron chi connectivity index (χ0n) is 16.2. The van der Waals surface area contributed by atoms with Gasteiger partial charge in [0.05, 0.1) is 18.3 Å². The van der Waals surface area contributed by atoms with Crippen molar-refractivity contribution in [1.82, 2.24) is 10.3 Å². The summed E-state index contributed by atoms with van der Waals surface area (Å²) in [6.45, 7) is 2.87. The fraction of sp³-hybridized carbons (Fsp3) is 0.250. The summed E-state index contributed by atoms with van der Waals surface area (Å²) in [5.74, 6) is 0.647. The predicted octanol–water partition coefficient (Wildman–Crippen LogP) is 5.17. The molecule has 28 heavy (non-hydrogen) atoms. The molecule has 4 heteroatoms. The first-order chi connectivity index (χ1) is 13.8. The minimum Gasteiger partial charge on any atom is -0.494 e. The van der Waals surface area contributed by atoms with Crippen LogP contribution in [0, 0.1) is 0 Å². The fourth-order valence-corrected chi connectivity index (χ4v) is 2.98. The van der Waals surface area contributed by atoms with Crippen LogP contribution in [0.3, 0.4) is 0 Å². The highest BCUT2D eigenvalue weighted by Gasteiger charge is 2.18. The van der Waals surface area contributed by atoms with Crippen molar-refractivity contribution in [3.8, 4) is 5.75 Å². The van der Waals surface area contributed by atoms with Crippen LogP contribution in [0.2, 0.25) is 0 Å². The molecule has 144 valence electrons. The number of benzene rings is 2. The summed E-state index contributed by atoms with van der Waals surface area (Å²) in [6, 6.07) is 22.6. The zero-order valence-corrected chi connectivity index (χ0v) is 16.2. The van der Waals surface area contributed by atoms with Crippen LogP contribution in [0.5, 0.6) is 5.75 Å². The molecule has 0 bridgehead atoms. The first kappa shape index (κ1) is 19.6. The summed E-state index contributed by atoms with van der Waals surface area (Å²) in [7, 11) is 0. The molecule has 0 aliphatic rings. The summed E-state index contributed by atoms with van der Waals surface area (Å²) in [5, 5.41) is 3.10. The first-order valence-electron chi connectivity index (χ1n) is 9.77. The van der Waals surface area contributed by atoms with Crippen molar-refractivity contribution in [3.05, 3.63) is 95.8 Å². The molecule has 0 spiro atoms. The molecule has 0 saturated heterocycles. The summed E-state index contributed by atoms with van der Waals surface area (Å²) in [6.07, 6.45) is 5.11. The number of nitrogens with one attached hydrogen (secondary N) is 1. The molecule has 4 nitrogen and oxygen atoms in total. The van der Waals surface area contributed by atoms with Gasteiger partial charge in [-0.2, -0.15) is 0 Å². The Morgan fingerprint density at radius 3 is 2.39 bits per heavy atom. The smallest absolute Gasteiger partial charge is 0.252 e. The number of rotatable bonds is 9. The Labute approximate surface area is 166 Å². The van der Waals surface area contributed by atoms with E-state index in [1.54, 1.807) is 18.3 Å². The summed E-state index contributed by atoms with van der Waals surface area (Å²) >= 11 is 0. The number of pyridine rings is 1. The minimum absolute atomic E-state index is 0.142. The standard InChI is InChI=1S/C24H26N2O2/c1-2-3-9-18-28-21-15-13-20(14-16-21)24(27)26-23(19-10-5-4-6-11-19)22-12-7-8-17-25-22/h4-8,10-17,23H,2-3,9,18H2,1H3,(H,26,27). The number of carbonyl (C=O) groups excluding carboxylic acids is 1. The molecule has 0 aliphatic carbocycles. The van der Waals surface area contributed by atoms with Gasteiger partial charge >= 0.3 is 0 Å². The van der Waals surface area contributed by atoms with E-state index >= 15 is 0 Å². The van der Waals surface area contributed by atoms with Crippen molar-refractivity contribution in [2.24, 2.45) is 0 Å². The summed E-state index contributed by atoms with van der Waals surface area (Å²) < 4.78 is 5.72. The van der Waals surface area contributed by atoms with Crippen LogP contribution in [-0.2, 0) is 0 Å². The molecule has 1 unspecified atom stereocenters. The molecule has 1 aromatic heterocycles. The SMILES string of the molecule is CCCCCOc1ccc(C(=O)NC(c2ccccc2)c2ccccn2)cc1. The van der Waals surface area contributed by atoms with Crippen LogP contribution in [0.1, 0.15) is 53.8 Å². The molecular weight excluding hydrogens is 348 g/mol. The zero-order chi connectivity index (χ0) is 19.6. The van der Waals surface area contributed by atoms with E-state index in [-0.39, 0.29) is 11.9 Å². The third kappa shape index (κ3) is 5.43. The molecule has 1 heterocycles. The predicted molar refractivity (Wildman–Crippen MR) is 111 cm³/mol. The van der Waals surface area contributed by atoms with Gasteiger partial charge in [0.1, 0.15) is 5.75 Å². The van der Waals surface area contributed by atoms with E-state index in [9.17, 15) is 4.79 Å². The third-order valence-electron chi connectivity index (χ3n) is 4.52. The van der Waals surface area contributed by atoms with Crippen LogP contribution < -0.4 is 10.1 Å². The van der Waals surface area contributed by atoms with E-state index in [2.05, 4.69) is 17.2 Å². The highest BCUT2D eigenvalue weighted by molar-refractivity contribution is 5.94. The van der Waals surface area contributed by atoms with Crippen molar-refractivity contribution in [2.75, 3.05) is 6.61 Å². The van der Waals surface area contributed by atoms with Gasteiger partial charge in [0.25, 0.3) is 5.91 Å². The summed E-state index contributed by atoms with van der Waals surface area (Å²) in [5.41, 5.74) is 2.39. The fourth-order valence-electron chi connectivity index (χ4n) is 2.98. The number of hydrogen-bond donors (Lipinski definition) is 1. The lowest BCUT2D eigenvalue weighted by atomic mass is 10.0. The molecule has 0 radical (unpaired) electrons. The maximum absolute atomic E-state index is 12.8. The van der Waals surface area contributed by atoms with E-state index in [4.69, 9.17) is 4.74 Å². The number of aromatic nitrogens is 1. The lowest BCUT2D eigenvalue weighted by Crippen LogP contribution is -2.29. The average Bonchev–Trinajstić information content (AvgIpc) is 2.76. The molecule has 1 N–H and O–H groups in total. The van der Waals surface area contributed by atoms with Crippen LogP contribution >= 0.6 is 0 Å². The monoisotopic (exact) mass is 374 g/mol. The van der Waals surface area contributed by atoms with E-state index in [0.29, 0.717) is 12.2 Å². The normalized spacial score (nSPS) is 11.6. The van der Waals surface area contributed by atoms with Crippen molar-refractivity contribution in [3.63, 3.8) is 0 Å². The maximum Gasteiger partial charge on any atom is 0.252 e. The van der Waals surface area contributed by atoms with Gasteiger partial charge < -0.3 is 10.1 Å². The number of nitrogens with zero attached hydrogens (tertiary/aromatic N) is 1. The van der Waals surface area contributed by atoms with Gasteiger partial charge in [-0.3, -0.25) is 9.78 Å². The Hall–Kier alpha value is -3.14. The molecule has 1 atom stereocenters. The Balaban J connectivity index is 1.70. The molecule has 3 aromatic rings. The third-order valence-corrected chi connectivity index (χ3v) is 4.52. The maximum atomic E-state index is 12.8. The topological polar surface area (TPSA) is 51.2 Å². The van der Waals surface area contributed by atoms with Gasteiger partial charge in [-0.15, -0.1) is 0 Å². The lowest BCUT2D eigenvalue weighted by molar-refractivity contribution is 0.0942. The molecule has 0 fully saturated rings. The number of carbonyl (C=O) groups is 1. The Morgan fingerprint density at radius 2 is 1.71 bits per heavy atom. The van der Waals surface area contributed by atoms with Crippen LogP contribution in [0.25, 0.3) is 0 Å². The van der Waals surface area contributed by atoms with Gasteiger partial charge in [0.2, 0.25) is 0 Å². The van der Waals surface area contributed by atoms with Gasteiger partial charge in [0, 0.05) is 11.8 Å². The van der Waals surface area contributed by atoms with Crippen molar-refractivity contribution in [2.45, 2.75) is 32.2 Å². The highest BCUT2D eigenvalue weighted by atomic mass is 16.5. The molecular formula is C24H26N2O2. The molecule has 0 aliphatic heterocycles. The first-order valence-corrected chi connectivity index (χ1v) is 9.77. The minimum atomic E-state index is -0.306. The van der Waals surface area contributed by atoms with Crippen molar-refractivity contribution in [1.29, 1.82) is 0 Å². The Bertz CT molecular complexity index is 809. The van der Waals surface area contributed by atoms with Crippen LogP contribution in [0.15, 0.2) is 79.0 Å². The number of unbranched alkanes of at least 4 members (excludes halogenated alkanes) is 2. The molecule has 0 saturated carbocycles. The van der Waals surface area contributed by atoms with E-state index in [1.165, 1.54) is 6.42 Å². The van der Waals surface area contributed by atoms with E-state index in [1.807, 2.05) is 60.7 Å². The molecule has 2 aromatic carbocycles. The van der Waals surface area contributed by atoms with Crippen LogP contribution in [-0.4, -0.2) is 17.5 Å². The lowest BCUT2D eigenvalue weighted by Gasteiger charge is -2.19. The van der Waals surface area contributed by atoms with Crippen molar-refractivity contribution < 1.29 is 9.53 Å². The Morgan fingerprint density at radius 1 is 0.964 bits per heavy atom. The second kappa shape index (κ2) is 10.3. The molecule has 1 amide bonds.